The van der Waals surface area contributed by atoms with E-state index < -0.39 is 0 Å². The van der Waals surface area contributed by atoms with Crippen LogP contribution in [-0.4, -0.2) is 20.7 Å². The summed E-state index contributed by atoms with van der Waals surface area (Å²) in [5.41, 5.74) is 2.34. The molecule has 7 heteroatoms. The summed E-state index contributed by atoms with van der Waals surface area (Å²) in [6.45, 7) is 0. The van der Waals surface area contributed by atoms with Gasteiger partial charge in [0.15, 0.2) is 5.13 Å². The van der Waals surface area contributed by atoms with E-state index in [9.17, 15) is 9.18 Å². The van der Waals surface area contributed by atoms with Gasteiger partial charge in [0.1, 0.15) is 11.5 Å². The highest BCUT2D eigenvalue weighted by molar-refractivity contribution is 7.13. The van der Waals surface area contributed by atoms with Gasteiger partial charge in [-0.05, 0) is 36.4 Å². The van der Waals surface area contributed by atoms with E-state index in [0.717, 1.165) is 5.69 Å². The Balaban J connectivity index is 1.78. The zero-order chi connectivity index (χ0) is 17.9. The SMILES string of the molecule is O=C(Nc1nccs1)c1cn(-c2ccccc2)nc1-c1ccc(F)cc1. The largest absolute Gasteiger partial charge is 0.298 e. The lowest BCUT2D eigenvalue weighted by molar-refractivity contribution is 0.102. The van der Waals surface area contributed by atoms with Crippen LogP contribution >= 0.6 is 11.3 Å². The van der Waals surface area contributed by atoms with Crippen LogP contribution in [0.5, 0.6) is 0 Å². The Morgan fingerprint density at radius 3 is 2.54 bits per heavy atom. The number of amides is 1. The van der Waals surface area contributed by atoms with Crippen molar-refractivity contribution in [3.63, 3.8) is 0 Å². The van der Waals surface area contributed by atoms with Crippen molar-refractivity contribution in [2.24, 2.45) is 0 Å². The first-order chi connectivity index (χ1) is 12.7. The number of thiazole rings is 1. The van der Waals surface area contributed by atoms with Crippen molar-refractivity contribution in [2.75, 3.05) is 5.32 Å². The Labute approximate surface area is 152 Å². The minimum Gasteiger partial charge on any atom is -0.298 e. The molecule has 1 N–H and O–H groups in total. The molecule has 26 heavy (non-hydrogen) atoms. The highest BCUT2D eigenvalue weighted by atomic mass is 32.1. The van der Waals surface area contributed by atoms with Crippen molar-refractivity contribution >= 4 is 22.4 Å². The molecule has 0 aliphatic heterocycles. The van der Waals surface area contributed by atoms with Crippen molar-refractivity contribution in [1.29, 1.82) is 0 Å². The Kier molecular flexibility index (Phi) is 4.28. The molecule has 0 radical (unpaired) electrons. The molecule has 0 atom stereocenters. The minimum absolute atomic E-state index is 0.318. The number of anilines is 1. The van der Waals surface area contributed by atoms with Crippen LogP contribution in [-0.2, 0) is 0 Å². The second kappa shape index (κ2) is 6.89. The topological polar surface area (TPSA) is 59.8 Å². The van der Waals surface area contributed by atoms with Gasteiger partial charge in [0.25, 0.3) is 5.91 Å². The lowest BCUT2D eigenvalue weighted by Crippen LogP contribution is -2.12. The maximum absolute atomic E-state index is 13.3. The quantitative estimate of drug-likeness (QED) is 0.584. The van der Waals surface area contributed by atoms with Crippen LogP contribution in [0.15, 0.2) is 72.4 Å². The first-order valence-electron chi connectivity index (χ1n) is 7.82. The van der Waals surface area contributed by atoms with E-state index in [-0.39, 0.29) is 11.7 Å². The normalized spacial score (nSPS) is 10.7. The summed E-state index contributed by atoms with van der Waals surface area (Å²) in [6, 6.07) is 15.4. The Morgan fingerprint density at radius 1 is 1.08 bits per heavy atom. The van der Waals surface area contributed by atoms with Crippen molar-refractivity contribution in [3.05, 3.63) is 83.8 Å². The van der Waals surface area contributed by atoms with Gasteiger partial charge in [-0.3, -0.25) is 10.1 Å². The first kappa shape index (κ1) is 16.2. The van der Waals surface area contributed by atoms with Gasteiger partial charge in [-0.1, -0.05) is 18.2 Å². The number of hydrogen-bond acceptors (Lipinski definition) is 4. The first-order valence-corrected chi connectivity index (χ1v) is 8.70. The molecule has 128 valence electrons. The van der Waals surface area contributed by atoms with Crippen molar-refractivity contribution < 1.29 is 9.18 Å². The summed E-state index contributed by atoms with van der Waals surface area (Å²) in [5.74, 6) is -0.661. The number of para-hydroxylation sites is 1. The van der Waals surface area contributed by atoms with Gasteiger partial charge in [-0.25, -0.2) is 14.1 Å². The van der Waals surface area contributed by atoms with Gasteiger partial charge in [0.2, 0.25) is 0 Å². The molecule has 4 rings (SSSR count). The number of hydrogen-bond donors (Lipinski definition) is 1. The lowest BCUT2D eigenvalue weighted by Gasteiger charge is -2.02. The van der Waals surface area contributed by atoms with E-state index in [1.165, 1.54) is 23.5 Å². The molecule has 0 bridgehead atoms. The van der Waals surface area contributed by atoms with Crippen LogP contribution in [0, 0.1) is 5.82 Å². The van der Waals surface area contributed by atoms with Crippen molar-refractivity contribution in [3.8, 4) is 16.9 Å². The molecule has 2 aromatic heterocycles. The van der Waals surface area contributed by atoms with E-state index in [1.807, 2.05) is 30.3 Å². The highest BCUT2D eigenvalue weighted by Crippen LogP contribution is 2.25. The number of carbonyl (C=O) groups excluding carboxylic acids is 1. The van der Waals surface area contributed by atoms with E-state index in [2.05, 4.69) is 15.4 Å². The number of nitrogens with zero attached hydrogens (tertiary/aromatic N) is 3. The molecular formula is C19H13FN4OS. The molecule has 0 fully saturated rings. The fourth-order valence-corrected chi connectivity index (χ4v) is 3.05. The number of carbonyl (C=O) groups is 1. The van der Waals surface area contributed by atoms with Gasteiger partial charge in [0.05, 0.1) is 11.3 Å². The fourth-order valence-electron chi connectivity index (χ4n) is 2.52. The average molecular weight is 364 g/mol. The minimum atomic E-state index is -0.343. The summed E-state index contributed by atoms with van der Waals surface area (Å²) in [6.07, 6.45) is 3.28. The fraction of sp³-hybridized carbons (Fsp3) is 0. The molecule has 0 saturated carbocycles. The van der Waals surface area contributed by atoms with Crippen LogP contribution < -0.4 is 5.32 Å². The van der Waals surface area contributed by atoms with Crippen molar-refractivity contribution in [2.45, 2.75) is 0 Å². The molecule has 2 aromatic carbocycles. The van der Waals surface area contributed by atoms with Crippen molar-refractivity contribution in [1.82, 2.24) is 14.8 Å². The van der Waals surface area contributed by atoms with E-state index in [4.69, 9.17) is 0 Å². The molecule has 0 aliphatic carbocycles. The standard InChI is InChI=1S/C19H13FN4OS/c20-14-8-6-13(7-9-14)17-16(18(25)22-19-21-10-11-26-19)12-24(23-17)15-4-2-1-3-5-15/h1-12H,(H,21,22,25). The van der Waals surface area contributed by atoms with Crippen LogP contribution in [0.1, 0.15) is 10.4 Å². The number of aromatic nitrogens is 3. The van der Waals surface area contributed by atoms with Gasteiger partial charge >= 0.3 is 0 Å². The summed E-state index contributed by atoms with van der Waals surface area (Å²) < 4.78 is 14.9. The summed E-state index contributed by atoms with van der Waals surface area (Å²) in [4.78, 5) is 16.8. The van der Waals surface area contributed by atoms with Gasteiger partial charge in [-0.15, -0.1) is 11.3 Å². The van der Waals surface area contributed by atoms with Gasteiger partial charge in [-0.2, -0.15) is 5.10 Å². The van der Waals surface area contributed by atoms with E-state index in [0.29, 0.717) is 22.0 Å². The third kappa shape index (κ3) is 3.25. The predicted octanol–water partition coefficient (Wildman–Crippen LogP) is 4.39. The molecule has 0 spiro atoms. The number of rotatable bonds is 4. The zero-order valence-corrected chi connectivity index (χ0v) is 14.3. The number of benzene rings is 2. The molecule has 0 unspecified atom stereocenters. The van der Waals surface area contributed by atoms with Crippen LogP contribution in [0.3, 0.4) is 0 Å². The predicted molar refractivity (Wildman–Crippen MR) is 99.0 cm³/mol. The molecule has 0 saturated heterocycles. The lowest BCUT2D eigenvalue weighted by atomic mass is 10.1. The summed E-state index contributed by atoms with van der Waals surface area (Å²) >= 11 is 1.33. The third-order valence-corrected chi connectivity index (χ3v) is 4.44. The summed E-state index contributed by atoms with van der Waals surface area (Å²) in [5, 5.41) is 9.60. The number of nitrogens with one attached hydrogen (secondary N) is 1. The van der Waals surface area contributed by atoms with Crippen LogP contribution in [0.25, 0.3) is 16.9 Å². The van der Waals surface area contributed by atoms with E-state index in [1.54, 1.807) is 34.6 Å². The highest BCUT2D eigenvalue weighted by Gasteiger charge is 2.19. The summed E-state index contributed by atoms with van der Waals surface area (Å²) in [7, 11) is 0. The van der Waals surface area contributed by atoms with E-state index >= 15 is 0 Å². The maximum atomic E-state index is 13.3. The maximum Gasteiger partial charge on any atom is 0.261 e. The third-order valence-electron chi connectivity index (χ3n) is 3.75. The molecular weight excluding hydrogens is 351 g/mol. The Bertz CT molecular complexity index is 1030. The van der Waals surface area contributed by atoms with Crippen LogP contribution in [0.2, 0.25) is 0 Å². The Morgan fingerprint density at radius 2 is 1.85 bits per heavy atom. The average Bonchev–Trinajstić information content (AvgIpc) is 3.33. The van der Waals surface area contributed by atoms with Gasteiger partial charge < -0.3 is 0 Å². The zero-order valence-electron chi connectivity index (χ0n) is 13.5. The molecule has 1 amide bonds. The van der Waals surface area contributed by atoms with Crippen LogP contribution in [0.4, 0.5) is 9.52 Å². The number of halogens is 1. The smallest absolute Gasteiger partial charge is 0.261 e. The Hall–Kier alpha value is -3.32. The monoisotopic (exact) mass is 364 g/mol. The molecule has 5 nitrogen and oxygen atoms in total. The second-order valence-corrected chi connectivity index (χ2v) is 6.36. The van der Waals surface area contributed by atoms with Gasteiger partial charge in [0, 0.05) is 23.3 Å². The molecule has 2 heterocycles. The molecule has 0 aliphatic rings. The second-order valence-electron chi connectivity index (χ2n) is 5.47. The molecule has 4 aromatic rings.